The number of anilines is 1. The number of rotatable bonds is 5. The van der Waals surface area contributed by atoms with Crippen LogP contribution in [0.1, 0.15) is 19.4 Å². The van der Waals surface area contributed by atoms with Crippen molar-refractivity contribution in [1.29, 1.82) is 5.26 Å². The molecule has 0 fully saturated rings. The molecule has 4 nitrogen and oxygen atoms in total. The molecular weight excluding hydrogens is 294 g/mol. The Labute approximate surface area is 134 Å². The normalized spacial score (nSPS) is 10.3. The van der Waals surface area contributed by atoms with Gasteiger partial charge in [0.05, 0.1) is 11.3 Å². The van der Waals surface area contributed by atoms with Crippen LogP contribution in [-0.2, 0) is 4.79 Å². The molecule has 112 valence electrons. The van der Waals surface area contributed by atoms with Crippen molar-refractivity contribution >= 4 is 23.4 Å². The van der Waals surface area contributed by atoms with Crippen molar-refractivity contribution in [2.45, 2.75) is 24.9 Å². The van der Waals surface area contributed by atoms with Crippen LogP contribution in [0.2, 0.25) is 0 Å². The molecule has 2 rings (SSSR count). The van der Waals surface area contributed by atoms with Gasteiger partial charge in [-0.15, -0.1) is 0 Å². The van der Waals surface area contributed by atoms with Crippen LogP contribution in [0.4, 0.5) is 5.69 Å². The summed E-state index contributed by atoms with van der Waals surface area (Å²) in [4.78, 5) is 18.5. The Morgan fingerprint density at radius 3 is 2.64 bits per heavy atom. The van der Waals surface area contributed by atoms with Crippen LogP contribution < -0.4 is 4.90 Å². The van der Waals surface area contributed by atoms with E-state index in [1.165, 1.54) is 11.8 Å². The lowest BCUT2D eigenvalue weighted by atomic mass is 10.2. The zero-order valence-corrected chi connectivity index (χ0v) is 13.4. The van der Waals surface area contributed by atoms with Crippen LogP contribution in [0.15, 0.2) is 53.7 Å². The van der Waals surface area contributed by atoms with Crippen LogP contribution in [0.3, 0.4) is 0 Å². The number of amides is 1. The van der Waals surface area contributed by atoms with E-state index >= 15 is 0 Å². The van der Waals surface area contributed by atoms with E-state index in [4.69, 9.17) is 5.26 Å². The molecule has 2 aromatic rings. The Morgan fingerprint density at radius 1 is 1.27 bits per heavy atom. The van der Waals surface area contributed by atoms with E-state index in [0.717, 1.165) is 5.69 Å². The number of para-hydroxylation sites is 1. The molecule has 0 spiro atoms. The average Bonchev–Trinajstić information content (AvgIpc) is 2.54. The van der Waals surface area contributed by atoms with E-state index in [9.17, 15) is 4.79 Å². The standard InChI is InChI=1S/C17H17N3OS/c1-13(2)20(15-8-4-3-5-9-15)16(21)12-22-17-14(11-18)7-6-10-19-17/h3-10,13H,12H2,1-2H3. The van der Waals surface area contributed by atoms with Gasteiger partial charge < -0.3 is 4.90 Å². The van der Waals surface area contributed by atoms with Crippen LogP contribution in [0.25, 0.3) is 0 Å². The fourth-order valence-corrected chi connectivity index (χ4v) is 2.91. The van der Waals surface area contributed by atoms with Crippen LogP contribution >= 0.6 is 11.8 Å². The zero-order valence-electron chi connectivity index (χ0n) is 12.6. The third-order valence-electron chi connectivity index (χ3n) is 3.04. The van der Waals surface area contributed by atoms with Crippen molar-refractivity contribution in [1.82, 2.24) is 4.98 Å². The van der Waals surface area contributed by atoms with Gasteiger partial charge in [-0.2, -0.15) is 5.26 Å². The smallest absolute Gasteiger partial charge is 0.237 e. The van der Waals surface area contributed by atoms with Crippen LogP contribution in [0, 0.1) is 11.3 Å². The number of nitrogens with zero attached hydrogens (tertiary/aromatic N) is 3. The van der Waals surface area contributed by atoms with Crippen molar-refractivity contribution in [2.75, 3.05) is 10.7 Å². The van der Waals surface area contributed by atoms with Crippen molar-refractivity contribution in [3.63, 3.8) is 0 Å². The first kappa shape index (κ1) is 16.1. The lowest BCUT2D eigenvalue weighted by Gasteiger charge is -2.26. The first-order valence-corrected chi connectivity index (χ1v) is 7.97. The van der Waals surface area contributed by atoms with Crippen LogP contribution in [-0.4, -0.2) is 22.7 Å². The fourth-order valence-electron chi connectivity index (χ4n) is 2.11. The summed E-state index contributed by atoms with van der Waals surface area (Å²) < 4.78 is 0. The van der Waals surface area contributed by atoms with Gasteiger partial charge in [0.2, 0.25) is 5.91 Å². The number of carbonyl (C=O) groups is 1. The molecule has 0 aliphatic heterocycles. The minimum absolute atomic E-state index is 0.000688. The molecule has 5 heteroatoms. The quantitative estimate of drug-likeness (QED) is 0.793. The predicted molar refractivity (Wildman–Crippen MR) is 88.7 cm³/mol. The Bertz CT molecular complexity index is 680. The molecule has 0 N–H and O–H groups in total. The van der Waals surface area contributed by atoms with Gasteiger partial charge in [0.15, 0.2) is 0 Å². The van der Waals surface area contributed by atoms with Gasteiger partial charge in [0.25, 0.3) is 0 Å². The third kappa shape index (κ3) is 3.86. The lowest BCUT2D eigenvalue weighted by Crippen LogP contribution is -2.38. The molecule has 1 aromatic carbocycles. The zero-order chi connectivity index (χ0) is 15.9. The van der Waals surface area contributed by atoms with Crippen molar-refractivity contribution in [3.05, 3.63) is 54.2 Å². The van der Waals surface area contributed by atoms with E-state index in [1.807, 2.05) is 44.2 Å². The van der Waals surface area contributed by atoms with E-state index < -0.39 is 0 Å². The predicted octanol–water partition coefficient (Wildman–Crippen LogP) is 3.49. The van der Waals surface area contributed by atoms with Gasteiger partial charge in [0, 0.05) is 17.9 Å². The second-order valence-electron chi connectivity index (χ2n) is 4.95. The summed E-state index contributed by atoms with van der Waals surface area (Å²) in [7, 11) is 0. The average molecular weight is 311 g/mol. The molecule has 22 heavy (non-hydrogen) atoms. The fraction of sp³-hybridized carbons (Fsp3) is 0.235. The SMILES string of the molecule is CC(C)N(C(=O)CSc1ncccc1C#N)c1ccccc1. The van der Waals surface area contributed by atoms with Crippen molar-refractivity contribution in [2.24, 2.45) is 0 Å². The van der Waals surface area contributed by atoms with Gasteiger partial charge in [-0.25, -0.2) is 4.98 Å². The highest BCUT2D eigenvalue weighted by Crippen LogP contribution is 2.22. The summed E-state index contributed by atoms with van der Waals surface area (Å²) >= 11 is 1.30. The largest absolute Gasteiger partial charge is 0.309 e. The highest BCUT2D eigenvalue weighted by Gasteiger charge is 2.19. The number of nitriles is 1. The molecule has 0 aliphatic rings. The van der Waals surface area contributed by atoms with Gasteiger partial charge in [-0.3, -0.25) is 4.79 Å². The lowest BCUT2D eigenvalue weighted by molar-refractivity contribution is -0.116. The number of pyridine rings is 1. The van der Waals surface area contributed by atoms with E-state index in [-0.39, 0.29) is 17.7 Å². The minimum Gasteiger partial charge on any atom is -0.309 e. The molecular formula is C17H17N3OS. The summed E-state index contributed by atoms with van der Waals surface area (Å²) in [5.41, 5.74) is 1.38. The Hall–Kier alpha value is -2.32. The molecule has 1 aromatic heterocycles. The molecule has 1 heterocycles. The minimum atomic E-state index is 0.000688. The highest BCUT2D eigenvalue weighted by molar-refractivity contribution is 8.00. The highest BCUT2D eigenvalue weighted by atomic mass is 32.2. The number of aromatic nitrogens is 1. The summed E-state index contributed by atoms with van der Waals surface area (Å²) in [5, 5.41) is 9.65. The second-order valence-corrected chi connectivity index (χ2v) is 5.91. The molecule has 0 atom stereocenters. The monoisotopic (exact) mass is 311 g/mol. The molecule has 0 saturated heterocycles. The Kier molecular flexibility index (Phi) is 5.56. The number of benzene rings is 1. The molecule has 0 bridgehead atoms. The first-order chi connectivity index (χ1) is 10.6. The molecule has 0 aliphatic carbocycles. The molecule has 1 amide bonds. The Balaban J connectivity index is 2.11. The van der Waals surface area contributed by atoms with E-state index in [2.05, 4.69) is 11.1 Å². The Morgan fingerprint density at radius 2 is 2.00 bits per heavy atom. The number of thioether (sulfide) groups is 1. The van der Waals surface area contributed by atoms with Gasteiger partial charge in [-0.05, 0) is 38.1 Å². The maximum Gasteiger partial charge on any atom is 0.237 e. The number of carbonyl (C=O) groups excluding carboxylic acids is 1. The summed E-state index contributed by atoms with van der Waals surface area (Å²) in [6.07, 6.45) is 1.63. The third-order valence-corrected chi connectivity index (χ3v) is 4.03. The van der Waals surface area contributed by atoms with Gasteiger partial charge in [-0.1, -0.05) is 30.0 Å². The topological polar surface area (TPSA) is 57.0 Å². The number of hydrogen-bond acceptors (Lipinski definition) is 4. The molecule has 0 unspecified atom stereocenters. The molecule has 0 saturated carbocycles. The number of hydrogen-bond donors (Lipinski definition) is 0. The van der Waals surface area contributed by atoms with E-state index in [0.29, 0.717) is 10.6 Å². The van der Waals surface area contributed by atoms with Gasteiger partial charge >= 0.3 is 0 Å². The van der Waals surface area contributed by atoms with Crippen molar-refractivity contribution < 1.29 is 4.79 Å². The summed E-state index contributed by atoms with van der Waals surface area (Å²) in [5.74, 6) is 0.249. The molecule has 0 radical (unpaired) electrons. The maximum atomic E-state index is 12.6. The first-order valence-electron chi connectivity index (χ1n) is 6.98. The summed E-state index contributed by atoms with van der Waals surface area (Å²) in [6.45, 7) is 3.97. The van der Waals surface area contributed by atoms with Crippen LogP contribution in [0.5, 0.6) is 0 Å². The van der Waals surface area contributed by atoms with Crippen molar-refractivity contribution in [3.8, 4) is 6.07 Å². The second kappa shape index (κ2) is 7.62. The van der Waals surface area contributed by atoms with Gasteiger partial charge in [0.1, 0.15) is 11.1 Å². The maximum absolute atomic E-state index is 12.6. The van der Waals surface area contributed by atoms with E-state index in [1.54, 1.807) is 23.2 Å². The summed E-state index contributed by atoms with van der Waals surface area (Å²) in [6, 6.07) is 15.2.